The van der Waals surface area contributed by atoms with E-state index in [1.807, 2.05) is 72.5 Å². The predicted molar refractivity (Wildman–Crippen MR) is 145 cm³/mol. The van der Waals surface area contributed by atoms with Gasteiger partial charge in [-0.05, 0) is 54.0 Å². The zero-order valence-electron chi connectivity index (χ0n) is 20.5. The van der Waals surface area contributed by atoms with Crippen LogP contribution in [0.25, 0.3) is 6.08 Å². The van der Waals surface area contributed by atoms with Gasteiger partial charge in [0.05, 0.1) is 12.6 Å². The van der Waals surface area contributed by atoms with Crippen molar-refractivity contribution in [2.75, 3.05) is 32.8 Å². The number of benzene rings is 2. The van der Waals surface area contributed by atoms with Gasteiger partial charge in [-0.2, -0.15) is 4.31 Å². The maximum Gasteiger partial charge on any atom is 0.238 e. The van der Waals surface area contributed by atoms with Gasteiger partial charge in [0.15, 0.2) is 0 Å². The SMILES string of the molecule is CCOCCCN(CC(=O)N1CCc2sccc2C1c1ccccc1)S(=O)(=O)/C=C/c1ccccc1. The van der Waals surface area contributed by atoms with Gasteiger partial charge < -0.3 is 9.64 Å². The molecular formula is C28H32N2O4S2. The third kappa shape index (κ3) is 6.50. The summed E-state index contributed by atoms with van der Waals surface area (Å²) in [5.74, 6) is -0.200. The minimum Gasteiger partial charge on any atom is -0.382 e. The lowest BCUT2D eigenvalue weighted by molar-refractivity contribution is -0.133. The van der Waals surface area contributed by atoms with Crippen molar-refractivity contribution >= 4 is 33.3 Å². The van der Waals surface area contributed by atoms with Crippen LogP contribution in [0.1, 0.15) is 41.0 Å². The zero-order valence-corrected chi connectivity index (χ0v) is 22.1. The number of ether oxygens (including phenoxy) is 1. The van der Waals surface area contributed by atoms with Gasteiger partial charge in [0.2, 0.25) is 15.9 Å². The van der Waals surface area contributed by atoms with E-state index in [0.29, 0.717) is 26.2 Å². The second kappa shape index (κ2) is 12.5. The van der Waals surface area contributed by atoms with Crippen LogP contribution >= 0.6 is 11.3 Å². The van der Waals surface area contributed by atoms with Crippen molar-refractivity contribution in [2.45, 2.75) is 25.8 Å². The molecule has 3 aromatic rings. The number of nitrogens with zero attached hydrogens (tertiary/aromatic N) is 2. The molecule has 0 saturated heterocycles. The molecule has 0 aliphatic carbocycles. The number of carbonyl (C=O) groups excluding carboxylic acids is 1. The number of hydrogen-bond donors (Lipinski definition) is 0. The summed E-state index contributed by atoms with van der Waals surface area (Å²) in [6.45, 7) is 3.46. The highest BCUT2D eigenvalue weighted by atomic mass is 32.2. The summed E-state index contributed by atoms with van der Waals surface area (Å²) < 4.78 is 33.3. The van der Waals surface area contributed by atoms with E-state index in [1.165, 1.54) is 14.6 Å². The molecule has 1 aliphatic rings. The molecular weight excluding hydrogens is 492 g/mol. The first-order valence-corrected chi connectivity index (χ1v) is 14.6. The lowest BCUT2D eigenvalue weighted by atomic mass is 9.93. The molecule has 6 nitrogen and oxygen atoms in total. The van der Waals surface area contributed by atoms with Crippen LogP contribution in [0.4, 0.5) is 0 Å². The molecule has 8 heteroatoms. The summed E-state index contributed by atoms with van der Waals surface area (Å²) in [5, 5.41) is 3.26. The van der Waals surface area contributed by atoms with Crippen LogP contribution in [0.2, 0.25) is 0 Å². The number of thiophene rings is 1. The largest absolute Gasteiger partial charge is 0.382 e. The summed E-state index contributed by atoms with van der Waals surface area (Å²) in [6.07, 6.45) is 2.85. The summed E-state index contributed by atoms with van der Waals surface area (Å²) in [6, 6.07) is 21.1. The summed E-state index contributed by atoms with van der Waals surface area (Å²) >= 11 is 1.71. The van der Waals surface area contributed by atoms with Crippen molar-refractivity contribution in [1.29, 1.82) is 0 Å². The van der Waals surface area contributed by atoms with E-state index < -0.39 is 10.0 Å². The van der Waals surface area contributed by atoms with Crippen LogP contribution in [0.15, 0.2) is 77.5 Å². The second-order valence-corrected chi connectivity index (χ2v) is 11.4. The highest BCUT2D eigenvalue weighted by molar-refractivity contribution is 7.92. The molecule has 1 aromatic heterocycles. The number of fused-ring (bicyclic) bond motifs is 1. The molecule has 2 heterocycles. The van der Waals surface area contributed by atoms with Gasteiger partial charge >= 0.3 is 0 Å². The van der Waals surface area contributed by atoms with E-state index in [2.05, 4.69) is 11.4 Å². The molecule has 1 unspecified atom stereocenters. The van der Waals surface area contributed by atoms with Crippen LogP contribution in [0, 0.1) is 0 Å². The normalized spacial score (nSPS) is 15.9. The Morgan fingerprint density at radius 3 is 2.56 bits per heavy atom. The molecule has 4 rings (SSSR count). The van der Waals surface area contributed by atoms with Gasteiger partial charge in [-0.1, -0.05) is 60.7 Å². The first-order valence-electron chi connectivity index (χ1n) is 12.2. The Bertz CT molecular complexity index is 1260. The minimum atomic E-state index is -3.82. The van der Waals surface area contributed by atoms with Crippen molar-refractivity contribution in [3.63, 3.8) is 0 Å². The maximum atomic E-state index is 13.7. The Morgan fingerprint density at radius 1 is 1.11 bits per heavy atom. The topological polar surface area (TPSA) is 66.9 Å². The Balaban J connectivity index is 1.57. The van der Waals surface area contributed by atoms with Gasteiger partial charge in [0, 0.05) is 36.6 Å². The minimum absolute atomic E-state index is 0.200. The Hall–Kier alpha value is -2.78. The standard InChI is InChI=1S/C28H32N2O4S2/c1-2-34-19-9-17-29(36(32,33)21-16-23-10-5-3-6-11-23)22-27(31)30-18-14-26-25(15-20-35-26)28(30)24-12-7-4-8-13-24/h3-8,10-13,15-16,20-21,28H,2,9,14,17-19,22H2,1H3/b21-16+. The van der Waals surface area contributed by atoms with E-state index in [0.717, 1.165) is 23.1 Å². The van der Waals surface area contributed by atoms with E-state index >= 15 is 0 Å². The molecule has 0 saturated carbocycles. The Labute approximate surface area is 217 Å². The van der Waals surface area contributed by atoms with Crippen LogP contribution < -0.4 is 0 Å². The number of amides is 1. The van der Waals surface area contributed by atoms with Gasteiger partial charge in [-0.15, -0.1) is 11.3 Å². The molecule has 36 heavy (non-hydrogen) atoms. The van der Waals surface area contributed by atoms with E-state index in [-0.39, 0.29) is 25.0 Å². The number of hydrogen-bond acceptors (Lipinski definition) is 5. The maximum absolute atomic E-state index is 13.7. The average Bonchev–Trinajstić information content (AvgIpc) is 3.39. The Morgan fingerprint density at radius 2 is 1.83 bits per heavy atom. The first kappa shape index (κ1) is 26.3. The molecule has 190 valence electrons. The third-order valence-electron chi connectivity index (χ3n) is 6.21. The van der Waals surface area contributed by atoms with E-state index in [1.54, 1.807) is 17.4 Å². The highest BCUT2D eigenvalue weighted by Gasteiger charge is 2.34. The summed E-state index contributed by atoms with van der Waals surface area (Å²) in [4.78, 5) is 16.8. The van der Waals surface area contributed by atoms with Gasteiger partial charge in [-0.25, -0.2) is 8.42 Å². The van der Waals surface area contributed by atoms with Crippen LogP contribution in [0.5, 0.6) is 0 Å². The van der Waals surface area contributed by atoms with Gasteiger partial charge in [0.25, 0.3) is 0 Å². The molecule has 1 amide bonds. The molecule has 0 fully saturated rings. The molecule has 0 N–H and O–H groups in total. The predicted octanol–water partition coefficient (Wildman–Crippen LogP) is 4.95. The third-order valence-corrected chi connectivity index (χ3v) is 8.71. The fourth-order valence-corrected chi connectivity index (χ4v) is 6.50. The number of sulfonamides is 1. The van der Waals surface area contributed by atoms with Crippen LogP contribution in [0.3, 0.4) is 0 Å². The molecule has 1 aliphatic heterocycles. The van der Waals surface area contributed by atoms with Crippen LogP contribution in [-0.2, 0) is 26.0 Å². The number of carbonyl (C=O) groups is 1. The van der Waals surface area contributed by atoms with E-state index in [9.17, 15) is 13.2 Å². The fourth-order valence-electron chi connectivity index (χ4n) is 4.42. The van der Waals surface area contributed by atoms with Crippen molar-refractivity contribution in [2.24, 2.45) is 0 Å². The molecule has 0 bridgehead atoms. The molecule has 2 aromatic carbocycles. The van der Waals surface area contributed by atoms with Crippen molar-refractivity contribution < 1.29 is 17.9 Å². The quantitative estimate of drug-likeness (QED) is 0.333. The second-order valence-electron chi connectivity index (χ2n) is 8.59. The zero-order chi connectivity index (χ0) is 25.4. The smallest absolute Gasteiger partial charge is 0.238 e. The van der Waals surface area contributed by atoms with Gasteiger partial charge in [-0.3, -0.25) is 4.79 Å². The van der Waals surface area contributed by atoms with Gasteiger partial charge in [0.1, 0.15) is 0 Å². The molecule has 0 radical (unpaired) electrons. The highest BCUT2D eigenvalue weighted by Crippen LogP contribution is 2.37. The first-order chi connectivity index (χ1) is 17.5. The number of rotatable bonds is 11. The molecule has 0 spiro atoms. The van der Waals surface area contributed by atoms with Crippen molar-refractivity contribution in [3.8, 4) is 0 Å². The van der Waals surface area contributed by atoms with E-state index in [4.69, 9.17) is 4.74 Å². The summed E-state index contributed by atoms with van der Waals surface area (Å²) in [7, 11) is -3.82. The molecule has 1 atom stereocenters. The van der Waals surface area contributed by atoms with Crippen molar-refractivity contribution in [3.05, 3.63) is 99.1 Å². The van der Waals surface area contributed by atoms with Crippen LogP contribution in [-0.4, -0.2) is 56.4 Å². The lowest BCUT2D eigenvalue weighted by Crippen LogP contribution is -2.46. The average molecular weight is 525 g/mol. The Kier molecular flexibility index (Phi) is 9.09. The van der Waals surface area contributed by atoms with Crippen molar-refractivity contribution in [1.82, 2.24) is 9.21 Å². The lowest BCUT2D eigenvalue weighted by Gasteiger charge is -2.37. The summed E-state index contributed by atoms with van der Waals surface area (Å²) in [5.41, 5.74) is 2.94. The fraction of sp³-hybridized carbons (Fsp3) is 0.321. The monoisotopic (exact) mass is 524 g/mol.